The summed E-state index contributed by atoms with van der Waals surface area (Å²) in [5.74, 6) is 0.106. The Morgan fingerprint density at radius 2 is 1.65 bits per heavy atom. The van der Waals surface area contributed by atoms with Gasteiger partial charge < -0.3 is 4.43 Å². The van der Waals surface area contributed by atoms with Crippen molar-refractivity contribution in [2.45, 2.75) is 76.7 Å². The topological polar surface area (TPSA) is 46.6 Å². The van der Waals surface area contributed by atoms with E-state index in [9.17, 15) is 9.59 Å². The molecule has 3 rings (SSSR count). The molecule has 1 aromatic rings. The number of likely N-dealkylation sites (tertiary alicyclic amines) is 1. The molecule has 1 heterocycles. The minimum Gasteiger partial charge on any atom is -0.403 e. The van der Waals surface area contributed by atoms with Crippen molar-refractivity contribution in [1.82, 2.24) is 4.90 Å². The lowest BCUT2D eigenvalue weighted by Crippen LogP contribution is -2.71. The Morgan fingerprint density at radius 1 is 1.08 bits per heavy atom. The van der Waals surface area contributed by atoms with Crippen molar-refractivity contribution in [3.05, 3.63) is 35.9 Å². The van der Waals surface area contributed by atoms with Gasteiger partial charge in [0.1, 0.15) is 6.10 Å². The van der Waals surface area contributed by atoms with Crippen LogP contribution >= 0.6 is 0 Å². The standard InChI is InChI=1S/C21H31NO3Si/c1-4-26(5-2,6-3)25-19-18(16-12-10-11-13-16)22(21(19)24)20(23)17-14-8-7-9-15-17/h7-9,14-16,18-19H,4-6,10-13H2,1-3H3/t18-,19+/m0/s1. The molecule has 2 aliphatic rings. The zero-order valence-corrected chi connectivity index (χ0v) is 17.2. The number of amides is 2. The number of β-lactam (4-membered cyclic amide) rings is 1. The lowest BCUT2D eigenvalue weighted by atomic mass is 9.84. The molecule has 0 aromatic heterocycles. The minimum atomic E-state index is -1.89. The van der Waals surface area contributed by atoms with Gasteiger partial charge in [-0.2, -0.15) is 0 Å². The quantitative estimate of drug-likeness (QED) is 0.398. The molecule has 1 saturated heterocycles. The maximum absolute atomic E-state index is 13.0. The van der Waals surface area contributed by atoms with Gasteiger partial charge in [-0.1, -0.05) is 51.8 Å². The zero-order chi connectivity index (χ0) is 18.7. The van der Waals surface area contributed by atoms with E-state index in [0.717, 1.165) is 31.0 Å². The summed E-state index contributed by atoms with van der Waals surface area (Å²) >= 11 is 0. The summed E-state index contributed by atoms with van der Waals surface area (Å²) in [6.45, 7) is 6.54. The van der Waals surface area contributed by atoms with Crippen LogP contribution in [0, 0.1) is 5.92 Å². The summed E-state index contributed by atoms with van der Waals surface area (Å²) in [6.07, 6.45) is 4.16. The van der Waals surface area contributed by atoms with E-state index in [1.807, 2.05) is 18.2 Å². The van der Waals surface area contributed by atoms with Gasteiger partial charge in [-0.05, 0) is 49.0 Å². The van der Waals surface area contributed by atoms with E-state index in [2.05, 4.69) is 20.8 Å². The average molecular weight is 374 g/mol. The van der Waals surface area contributed by atoms with Gasteiger partial charge >= 0.3 is 0 Å². The van der Waals surface area contributed by atoms with Gasteiger partial charge in [0.25, 0.3) is 11.8 Å². The Balaban J connectivity index is 1.85. The van der Waals surface area contributed by atoms with Gasteiger partial charge in [-0.15, -0.1) is 0 Å². The molecule has 2 atom stereocenters. The number of benzene rings is 1. The second-order valence-electron chi connectivity index (χ2n) is 7.70. The van der Waals surface area contributed by atoms with Crippen LogP contribution in [-0.2, 0) is 9.22 Å². The van der Waals surface area contributed by atoms with Crippen molar-refractivity contribution in [1.29, 1.82) is 0 Å². The zero-order valence-electron chi connectivity index (χ0n) is 16.2. The normalized spacial score (nSPS) is 24.0. The van der Waals surface area contributed by atoms with Crippen molar-refractivity contribution in [2.75, 3.05) is 0 Å². The van der Waals surface area contributed by atoms with E-state index in [-0.39, 0.29) is 17.9 Å². The van der Waals surface area contributed by atoms with Crippen molar-refractivity contribution in [3.63, 3.8) is 0 Å². The Morgan fingerprint density at radius 3 is 2.19 bits per heavy atom. The first-order valence-corrected chi connectivity index (χ1v) is 12.7. The third-order valence-electron chi connectivity index (χ3n) is 6.52. The molecule has 26 heavy (non-hydrogen) atoms. The second-order valence-corrected chi connectivity index (χ2v) is 12.4. The average Bonchev–Trinajstić information content (AvgIpc) is 3.21. The molecule has 0 unspecified atom stereocenters. The first-order chi connectivity index (χ1) is 12.6. The van der Waals surface area contributed by atoms with E-state index in [0.29, 0.717) is 11.5 Å². The van der Waals surface area contributed by atoms with Gasteiger partial charge in [0.2, 0.25) is 0 Å². The molecule has 1 aliphatic carbocycles. The first-order valence-electron chi connectivity index (χ1n) is 10.2. The van der Waals surface area contributed by atoms with Crippen molar-refractivity contribution in [3.8, 4) is 0 Å². The van der Waals surface area contributed by atoms with Crippen molar-refractivity contribution in [2.24, 2.45) is 5.92 Å². The van der Waals surface area contributed by atoms with Crippen molar-refractivity contribution < 1.29 is 14.0 Å². The molecule has 142 valence electrons. The number of nitrogens with zero attached hydrogens (tertiary/aromatic N) is 1. The number of hydrogen-bond acceptors (Lipinski definition) is 3. The highest BCUT2D eigenvalue weighted by Crippen LogP contribution is 2.41. The van der Waals surface area contributed by atoms with Crippen LogP contribution in [0.25, 0.3) is 0 Å². The molecular weight excluding hydrogens is 342 g/mol. The number of hydrogen-bond donors (Lipinski definition) is 0. The molecule has 0 bridgehead atoms. The summed E-state index contributed by atoms with van der Waals surface area (Å²) < 4.78 is 6.57. The number of rotatable bonds is 7. The molecule has 1 saturated carbocycles. The summed E-state index contributed by atoms with van der Waals surface area (Å²) in [5, 5.41) is 0. The van der Waals surface area contributed by atoms with Crippen molar-refractivity contribution >= 4 is 20.1 Å². The van der Waals surface area contributed by atoms with Gasteiger partial charge in [-0.3, -0.25) is 14.5 Å². The lowest BCUT2D eigenvalue weighted by molar-refractivity contribution is -0.162. The fourth-order valence-corrected chi connectivity index (χ4v) is 7.36. The predicted molar refractivity (Wildman–Crippen MR) is 105 cm³/mol. The predicted octanol–water partition coefficient (Wildman–Crippen LogP) is 4.62. The van der Waals surface area contributed by atoms with Gasteiger partial charge in [0.05, 0.1) is 6.04 Å². The highest BCUT2D eigenvalue weighted by atomic mass is 28.4. The third kappa shape index (κ3) is 3.39. The molecule has 4 nitrogen and oxygen atoms in total. The van der Waals surface area contributed by atoms with E-state index in [4.69, 9.17) is 4.43 Å². The maximum Gasteiger partial charge on any atom is 0.260 e. The maximum atomic E-state index is 13.0. The Labute approximate surface area is 158 Å². The molecule has 2 amide bonds. The molecule has 1 aromatic carbocycles. The van der Waals surface area contributed by atoms with Crippen LogP contribution in [-0.4, -0.2) is 37.2 Å². The van der Waals surface area contributed by atoms with Crippen LogP contribution in [0.5, 0.6) is 0 Å². The summed E-state index contributed by atoms with van der Waals surface area (Å²) in [7, 11) is -1.89. The number of carbonyl (C=O) groups is 2. The molecular formula is C21H31NO3Si. The lowest BCUT2D eigenvalue weighted by Gasteiger charge is -2.51. The molecule has 0 radical (unpaired) electrons. The van der Waals surface area contributed by atoms with Crippen LogP contribution in [0.15, 0.2) is 30.3 Å². The Kier molecular flexibility index (Phi) is 5.98. The van der Waals surface area contributed by atoms with E-state index in [1.54, 1.807) is 12.1 Å². The fraction of sp³-hybridized carbons (Fsp3) is 0.619. The van der Waals surface area contributed by atoms with E-state index < -0.39 is 14.4 Å². The highest BCUT2D eigenvalue weighted by Gasteiger charge is 2.56. The van der Waals surface area contributed by atoms with Crippen LogP contribution in [0.3, 0.4) is 0 Å². The molecule has 1 aliphatic heterocycles. The molecule has 2 fully saturated rings. The monoisotopic (exact) mass is 373 g/mol. The molecule has 0 spiro atoms. The summed E-state index contributed by atoms with van der Waals surface area (Å²) in [5.41, 5.74) is 0.590. The molecule has 0 N–H and O–H groups in total. The first kappa shape index (κ1) is 19.3. The second kappa shape index (κ2) is 8.05. The van der Waals surface area contributed by atoms with E-state index in [1.165, 1.54) is 17.7 Å². The Hall–Kier alpha value is -1.46. The largest absolute Gasteiger partial charge is 0.403 e. The van der Waals surface area contributed by atoms with Gasteiger partial charge in [-0.25, -0.2) is 0 Å². The van der Waals surface area contributed by atoms with Crippen LogP contribution in [0.2, 0.25) is 18.1 Å². The fourth-order valence-electron chi connectivity index (χ4n) is 4.59. The number of carbonyl (C=O) groups excluding carboxylic acids is 2. The minimum absolute atomic E-state index is 0.0748. The van der Waals surface area contributed by atoms with Gasteiger partial charge in [0.15, 0.2) is 8.32 Å². The van der Waals surface area contributed by atoms with Crippen LogP contribution < -0.4 is 0 Å². The van der Waals surface area contributed by atoms with E-state index >= 15 is 0 Å². The summed E-state index contributed by atoms with van der Waals surface area (Å²) in [6, 6.07) is 12.2. The molecule has 5 heteroatoms. The van der Waals surface area contributed by atoms with Gasteiger partial charge in [0, 0.05) is 5.56 Å². The Bertz CT molecular complexity index is 630. The van der Waals surface area contributed by atoms with Crippen LogP contribution in [0.1, 0.15) is 56.8 Å². The van der Waals surface area contributed by atoms with Crippen LogP contribution in [0.4, 0.5) is 0 Å². The smallest absolute Gasteiger partial charge is 0.260 e. The summed E-state index contributed by atoms with van der Waals surface area (Å²) in [4.78, 5) is 27.5. The third-order valence-corrected chi connectivity index (χ3v) is 11.1. The number of imide groups is 1. The highest BCUT2D eigenvalue weighted by molar-refractivity contribution is 6.73. The SMILES string of the molecule is CC[Si](CC)(CC)O[C@H]1C(=O)N(C(=O)c2ccccc2)[C@H]1C1CCCC1.